The van der Waals surface area contributed by atoms with Crippen molar-refractivity contribution >= 4 is 11.7 Å². The quantitative estimate of drug-likeness (QED) is 0.772. The standard InChI is InChI=1S/C15H16F2N4O/c16-11-3-10(4-12(17)6-11)5-13(18)15(22)21-8-9-1-2-14(19)20-7-9/h1-4,6-7,13H,5,8,18H2,(H2,19,20)(H,21,22)/t13-/m0/s1. The summed E-state index contributed by atoms with van der Waals surface area (Å²) in [7, 11) is 0. The minimum atomic E-state index is -0.900. The summed E-state index contributed by atoms with van der Waals surface area (Å²) in [6, 6.07) is 5.53. The highest BCUT2D eigenvalue weighted by Gasteiger charge is 2.15. The number of carbonyl (C=O) groups is 1. The van der Waals surface area contributed by atoms with E-state index in [4.69, 9.17) is 11.5 Å². The Bertz CT molecular complexity index is 641. The van der Waals surface area contributed by atoms with Crippen molar-refractivity contribution in [2.24, 2.45) is 5.73 Å². The van der Waals surface area contributed by atoms with Crippen LogP contribution in [-0.2, 0) is 17.8 Å². The Kier molecular flexibility index (Phi) is 5.00. The summed E-state index contributed by atoms with van der Waals surface area (Å²) in [6.07, 6.45) is 1.59. The number of benzene rings is 1. The highest BCUT2D eigenvalue weighted by atomic mass is 19.1. The highest BCUT2D eigenvalue weighted by Crippen LogP contribution is 2.10. The number of anilines is 1. The van der Waals surface area contributed by atoms with Gasteiger partial charge in [-0.3, -0.25) is 4.79 Å². The average Bonchev–Trinajstić information content (AvgIpc) is 2.45. The minimum absolute atomic E-state index is 0.0422. The Morgan fingerprint density at radius 2 is 1.86 bits per heavy atom. The van der Waals surface area contributed by atoms with E-state index >= 15 is 0 Å². The van der Waals surface area contributed by atoms with Gasteiger partial charge in [-0.05, 0) is 35.7 Å². The van der Waals surface area contributed by atoms with Gasteiger partial charge < -0.3 is 16.8 Å². The van der Waals surface area contributed by atoms with Crippen molar-refractivity contribution < 1.29 is 13.6 Å². The van der Waals surface area contributed by atoms with Crippen LogP contribution in [0, 0.1) is 11.6 Å². The number of nitrogens with zero attached hydrogens (tertiary/aromatic N) is 1. The fourth-order valence-corrected chi connectivity index (χ4v) is 1.94. The lowest BCUT2D eigenvalue weighted by Crippen LogP contribution is -2.41. The van der Waals surface area contributed by atoms with Crippen LogP contribution in [0.25, 0.3) is 0 Å². The Balaban J connectivity index is 1.90. The zero-order chi connectivity index (χ0) is 16.1. The monoisotopic (exact) mass is 306 g/mol. The largest absolute Gasteiger partial charge is 0.384 e. The molecule has 1 aromatic carbocycles. The van der Waals surface area contributed by atoms with Crippen LogP contribution in [0.15, 0.2) is 36.5 Å². The molecule has 5 N–H and O–H groups in total. The summed E-state index contributed by atoms with van der Waals surface area (Å²) < 4.78 is 26.2. The van der Waals surface area contributed by atoms with E-state index in [9.17, 15) is 13.6 Å². The second-order valence-electron chi connectivity index (χ2n) is 4.90. The summed E-state index contributed by atoms with van der Waals surface area (Å²) in [4.78, 5) is 15.8. The van der Waals surface area contributed by atoms with Gasteiger partial charge in [0.2, 0.25) is 5.91 Å². The summed E-state index contributed by atoms with van der Waals surface area (Å²) in [5, 5.41) is 2.64. The maximum atomic E-state index is 13.1. The third-order valence-electron chi connectivity index (χ3n) is 3.03. The van der Waals surface area contributed by atoms with Crippen LogP contribution in [0.2, 0.25) is 0 Å². The molecular formula is C15H16F2N4O. The van der Waals surface area contributed by atoms with Gasteiger partial charge in [-0.1, -0.05) is 6.07 Å². The molecule has 1 aromatic heterocycles. The number of rotatable bonds is 5. The Morgan fingerprint density at radius 1 is 1.18 bits per heavy atom. The fraction of sp³-hybridized carbons (Fsp3) is 0.200. The van der Waals surface area contributed by atoms with E-state index in [0.717, 1.165) is 23.8 Å². The summed E-state index contributed by atoms with van der Waals surface area (Å²) in [6.45, 7) is 0.247. The number of nitrogen functional groups attached to an aromatic ring is 1. The van der Waals surface area contributed by atoms with E-state index in [2.05, 4.69) is 10.3 Å². The van der Waals surface area contributed by atoms with Crippen LogP contribution in [0.1, 0.15) is 11.1 Å². The third kappa shape index (κ3) is 4.49. The molecule has 2 aromatic rings. The number of pyridine rings is 1. The number of amides is 1. The maximum absolute atomic E-state index is 13.1. The van der Waals surface area contributed by atoms with E-state index < -0.39 is 23.6 Å². The van der Waals surface area contributed by atoms with Crippen molar-refractivity contribution in [3.05, 3.63) is 59.3 Å². The number of halogens is 2. The molecule has 7 heteroatoms. The van der Waals surface area contributed by atoms with Gasteiger partial charge >= 0.3 is 0 Å². The van der Waals surface area contributed by atoms with E-state index in [0.29, 0.717) is 11.4 Å². The Labute approximate surface area is 126 Å². The molecule has 0 spiro atoms. The van der Waals surface area contributed by atoms with Crippen molar-refractivity contribution in [3.8, 4) is 0 Å². The molecule has 1 atom stereocenters. The van der Waals surface area contributed by atoms with E-state index in [1.807, 2.05) is 0 Å². The van der Waals surface area contributed by atoms with Gasteiger partial charge in [0.05, 0.1) is 6.04 Å². The molecule has 0 radical (unpaired) electrons. The lowest BCUT2D eigenvalue weighted by atomic mass is 10.1. The molecule has 0 aliphatic carbocycles. The SMILES string of the molecule is Nc1ccc(CNC(=O)[C@@H](N)Cc2cc(F)cc(F)c2)cn1. The molecule has 0 fully saturated rings. The van der Waals surface area contributed by atoms with Gasteiger partial charge in [-0.15, -0.1) is 0 Å². The predicted octanol–water partition coefficient (Wildman–Crippen LogP) is 1.13. The number of carbonyl (C=O) groups excluding carboxylic acids is 1. The number of aromatic nitrogens is 1. The van der Waals surface area contributed by atoms with Gasteiger partial charge in [0.25, 0.3) is 0 Å². The van der Waals surface area contributed by atoms with Gasteiger partial charge in [-0.2, -0.15) is 0 Å². The van der Waals surface area contributed by atoms with E-state index in [-0.39, 0.29) is 13.0 Å². The normalized spacial score (nSPS) is 12.0. The molecule has 1 heterocycles. The van der Waals surface area contributed by atoms with Crippen molar-refractivity contribution in [2.75, 3.05) is 5.73 Å². The second kappa shape index (κ2) is 6.95. The lowest BCUT2D eigenvalue weighted by molar-refractivity contribution is -0.122. The van der Waals surface area contributed by atoms with Crippen molar-refractivity contribution in [3.63, 3.8) is 0 Å². The Morgan fingerprint density at radius 3 is 2.45 bits per heavy atom. The van der Waals surface area contributed by atoms with Gasteiger partial charge in [-0.25, -0.2) is 13.8 Å². The van der Waals surface area contributed by atoms with Crippen molar-refractivity contribution in [2.45, 2.75) is 19.0 Å². The van der Waals surface area contributed by atoms with E-state index in [1.54, 1.807) is 18.3 Å². The molecule has 0 saturated heterocycles. The Hall–Kier alpha value is -2.54. The summed E-state index contributed by atoms with van der Waals surface area (Å²) in [5.41, 5.74) is 12.3. The number of hydrogen-bond acceptors (Lipinski definition) is 4. The highest BCUT2D eigenvalue weighted by molar-refractivity contribution is 5.81. The summed E-state index contributed by atoms with van der Waals surface area (Å²) in [5.74, 6) is -1.42. The zero-order valence-electron chi connectivity index (χ0n) is 11.7. The first-order valence-corrected chi connectivity index (χ1v) is 6.62. The summed E-state index contributed by atoms with van der Waals surface area (Å²) >= 11 is 0. The van der Waals surface area contributed by atoms with Crippen LogP contribution < -0.4 is 16.8 Å². The molecule has 0 aliphatic rings. The molecule has 116 valence electrons. The number of nitrogens with two attached hydrogens (primary N) is 2. The zero-order valence-corrected chi connectivity index (χ0v) is 11.7. The molecular weight excluding hydrogens is 290 g/mol. The number of nitrogens with one attached hydrogen (secondary N) is 1. The first kappa shape index (κ1) is 15.8. The van der Waals surface area contributed by atoms with Crippen LogP contribution in [-0.4, -0.2) is 16.9 Å². The van der Waals surface area contributed by atoms with Crippen molar-refractivity contribution in [1.29, 1.82) is 0 Å². The van der Waals surface area contributed by atoms with E-state index in [1.165, 1.54) is 0 Å². The molecule has 0 aliphatic heterocycles. The van der Waals surface area contributed by atoms with Crippen LogP contribution in [0.5, 0.6) is 0 Å². The number of hydrogen-bond donors (Lipinski definition) is 3. The van der Waals surface area contributed by atoms with Gasteiger partial charge in [0.15, 0.2) is 0 Å². The third-order valence-corrected chi connectivity index (χ3v) is 3.03. The topological polar surface area (TPSA) is 94.0 Å². The second-order valence-corrected chi connectivity index (χ2v) is 4.90. The smallest absolute Gasteiger partial charge is 0.237 e. The van der Waals surface area contributed by atoms with Crippen LogP contribution in [0.4, 0.5) is 14.6 Å². The molecule has 0 unspecified atom stereocenters. The molecule has 2 rings (SSSR count). The predicted molar refractivity (Wildman–Crippen MR) is 78.5 cm³/mol. The molecule has 1 amide bonds. The first-order valence-electron chi connectivity index (χ1n) is 6.62. The molecule has 5 nitrogen and oxygen atoms in total. The minimum Gasteiger partial charge on any atom is -0.384 e. The average molecular weight is 306 g/mol. The maximum Gasteiger partial charge on any atom is 0.237 e. The lowest BCUT2D eigenvalue weighted by Gasteiger charge is -2.12. The van der Waals surface area contributed by atoms with Crippen LogP contribution in [0.3, 0.4) is 0 Å². The first-order chi connectivity index (χ1) is 10.4. The molecule has 0 bridgehead atoms. The van der Waals surface area contributed by atoms with Gasteiger partial charge in [0.1, 0.15) is 17.5 Å². The van der Waals surface area contributed by atoms with Gasteiger partial charge in [0, 0.05) is 18.8 Å². The van der Waals surface area contributed by atoms with Crippen LogP contribution >= 0.6 is 0 Å². The van der Waals surface area contributed by atoms with Crippen molar-refractivity contribution in [1.82, 2.24) is 10.3 Å². The molecule has 0 saturated carbocycles. The molecule has 22 heavy (non-hydrogen) atoms. The fourth-order valence-electron chi connectivity index (χ4n) is 1.94.